The summed E-state index contributed by atoms with van der Waals surface area (Å²) in [7, 11) is -3.49. The Labute approximate surface area is 95.9 Å². The van der Waals surface area contributed by atoms with Crippen LogP contribution in [-0.2, 0) is 19.6 Å². The number of hydrogen-bond donors (Lipinski definition) is 1. The first-order chi connectivity index (χ1) is 7.55. The van der Waals surface area contributed by atoms with Crippen LogP contribution in [0.15, 0.2) is 11.8 Å². The minimum absolute atomic E-state index is 0.0105. The van der Waals surface area contributed by atoms with Crippen LogP contribution in [0.5, 0.6) is 0 Å². The minimum atomic E-state index is -3.49. The maximum atomic E-state index is 11.5. The number of carbonyl (C=O) groups is 1. The van der Waals surface area contributed by atoms with Gasteiger partial charge in [0.25, 0.3) is 5.91 Å². The number of rotatable bonds is 5. The molecule has 1 aliphatic heterocycles. The average Bonchev–Trinajstić information content (AvgIpc) is 2.27. The standard InChI is InChI=1S/C10H17NO4S/c1-2-3-7-16(13,14)11-10(12)9-5-4-6-15-8-9/h8H,2-7H2,1H3,(H,11,12). The van der Waals surface area contributed by atoms with Crippen LogP contribution in [-0.4, -0.2) is 26.7 Å². The van der Waals surface area contributed by atoms with Gasteiger partial charge in [-0.15, -0.1) is 0 Å². The molecule has 0 saturated carbocycles. The predicted molar refractivity (Wildman–Crippen MR) is 60.1 cm³/mol. The Kier molecular flexibility index (Phi) is 4.79. The van der Waals surface area contributed by atoms with E-state index in [9.17, 15) is 13.2 Å². The second-order valence-electron chi connectivity index (χ2n) is 3.72. The number of amides is 1. The molecule has 1 heterocycles. The van der Waals surface area contributed by atoms with Gasteiger partial charge in [-0.1, -0.05) is 13.3 Å². The molecule has 0 bridgehead atoms. The molecular formula is C10H17NO4S. The summed E-state index contributed by atoms with van der Waals surface area (Å²) in [4.78, 5) is 11.5. The maximum Gasteiger partial charge on any atom is 0.263 e. The lowest BCUT2D eigenvalue weighted by molar-refractivity contribution is -0.116. The van der Waals surface area contributed by atoms with E-state index in [4.69, 9.17) is 4.74 Å². The van der Waals surface area contributed by atoms with E-state index in [0.717, 1.165) is 12.8 Å². The second-order valence-corrected chi connectivity index (χ2v) is 5.56. The molecule has 0 aliphatic carbocycles. The number of unbranched alkanes of at least 4 members (excludes halogenated alkanes) is 1. The molecule has 0 aromatic carbocycles. The lowest BCUT2D eigenvalue weighted by atomic mass is 10.1. The molecule has 0 radical (unpaired) electrons. The average molecular weight is 247 g/mol. The van der Waals surface area contributed by atoms with Crippen LogP contribution < -0.4 is 4.72 Å². The van der Waals surface area contributed by atoms with Crippen molar-refractivity contribution >= 4 is 15.9 Å². The monoisotopic (exact) mass is 247 g/mol. The summed E-state index contributed by atoms with van der Waals surface area (Å²) < 4.78 is 29.9. The van der Waals surface area contributed by atoms with Crippen LogP contribution in [0, 0.1) is 0 Å². The van der Waals surface area contributed by atoms with Gasteiger partial charge in [0.05, 0.1) is 24.2 Å². The van der Waals surface area contributed by atoms with Gasteiger partial charge >= 0.3 is 0 Å². The molecule has 92 valence electrons. The Balaban J connectivity index is 2.53. The highest BCUT2D eigenvalue weighted by Gasteiger charge is 2.19. The summed E-state index contributed by atoms with van der Waals surface area (Å²) in [6.45, 7) is 2.48. The van der Waals surface area contributed by atoms with Crippen molar-refractivity contribution in [2.45, 2.75) is 32.6 Å². The first kappa shape index (κ1) is 13.0. The second kappa shape index (κ2) is 5.89. The summed E-state index contributed by atoms with van der Waals surface area (Å²) in [5, 5.41) is 0. The third kappa shape index (κ3) is 4.22. The van der Waals surface area contributed by atoms with Crippen LogP contribution in [0.4, 0.5) is 0 Å². The van der Waals surface area contributed by atoms with Crippen LogP contribution in [0.3, 0.4) is 0 Å². The Bertz CT molecular complexity index is 372. The summed E-state index contributed by atoms with van der Waals surface area (Å²) in [6, 6.07) is 0. The van der Waals surface area contributed by atoms with Gasteiger partial charge in [-0.05, 0) is 19.3 Å². The van der Waals surface area contributed by atoms with E-state index in [1.165, 1.54) is 6.26 Å². The molecule has 0 unspecified atom stereocenters. The maximum absolute atomic E-state index is 11.5. The highest BCUT2D eigenvalue weighted by Crippen LogP contribution is 2.12. The largest absolute Gasteiger partial charge is 0.501 e. The van der Waals surface area contributed by atoms with Crippen molar-refractivity contribution in [2.75, 3.05) is 12.4 Å². The smallest absolute Gasteiger partial charge is 0.263 e. The van der Waals surface area contributed by atoms with Crippen molar-refractivity contribution in [3.63, 3.8) is 0 Å². The first-order valence-corrected chi connectivity index (χ1v) is 7.06. The van der Waals surface area contributed by atoms with Gasteiger partial charge in [-0.3, -0.25) is 4.79 Å². The predicted octanol–water partition coefficient (Wildman–Crippen LogP) is 0.927. The van der Waals surface area contributed by atoms with Crippen molar-refractivity contribution < 1.29 is 17.9 Å². The summed E-state index contributed by atoms with van der Waals surface area (Å²) in [5.41, 5.74) is 0.395. The molecule has 1 N–H and O–H groups in total. The topological polar surface area (TPSA) is 72.5 Å². The Morgan fingerprint density at radius 1 is 1.56 bits per heavy atom. The number of ether oxygens (including phenoxy) is 1. The van der Waals surface area contributed by atoms with Crippen LogP contribution in [0.2, 0.25) is 0 Å². The molecule has 0 spiro atoms. The zero-order valence-electron chi connectivity index (χ0n) is 9.36. The summed E-state index contributed by atoms with van der Waals surface area (Å²) in [6.07, 6.45) is 3.98. The van der Waals surface area contributed by atoms with Crippen LogP contribution in [0.1, 0.15) is 32.6 Å². The van der Waals surface area contributed by atoms with E-state index in [2.05, 4.69) is 0 Å². The number of hydrogen-bond acceptors (Lipinski definition) is 4. The highest BCUT2D eigenvalue weighted by molar-refractivity contribution is 7.90. The molecule has 1 aliphatic rings. The molecule has 0 saturated heterocycles. The highest BCUT2D eigenvalue weighted by atomic mass is 32.2. The Morgan fingerprint density at radius 3 is 2.88 bits per heavy atom. The van der Waals surface area contributed by atoms with Crippen molar-refractivity contribution in [3.8, 4) is 0 Å². The number of nitrogens with one attached hydrogen (secondary N) is 1. The molecule has 16 heavy (non-hydrogen) atoms. The molecule has 6 heteroatoms. The fraction of sp³-hybridized carbons (Fsp3) is 0.700. The Morgan fingerprint density at radius 2 is 2.31 bits per heavy atom. The fourth-order valence-corrected chi connectivity index (χ4v) is 2.51. The third-order valence-corrected chi connectivity index (χ3v) is 3.56. The number of carbonyl (C=O) groups excluding carboxylic acids is 1. The SMILES string of the molecule is CCCCS(=O)(=O)NC(=O)C1=COCCC1. The van der Waals surface area contributed by atoms with Crippen LogP contribution >= 0.6 is 0 Å². The van der Waals surface area contributed by atoms with Crippen LogP contribution in [0.25, 0.3) is 0 Å². The first-order valence-electron chi connectivity index (χ1n) is 5.40. The third-order valence-electron chi connectivity index (χ3n) is 2.24. The molecule has 1 amide bonds. The van der Waals surface area contributed by atoms with E-state index in [1.807, 2.05) is 11.6 Å². The quantitative estimate of drug-likeness (QED) is 0.784. The zero-order valence-corrected chi connectivity index (χ0v) is 10.2. The van der Waals surface area contributed by atoms with Gasteiger partial charge in [-0.25, -0.2) is 13.1 Å². The van der Waals surface area contributed by atoms with E-state index < -0.39 is 15.9 Å². The fourth-order valence-electron chi connectivity index (χ4n) is 1.32. The molecule has 0 aromatic heterocycles. The van der Waals surface area contributed by atoms with Gasteiger partial charge in [0.2, 0.25) is 10.0 Å². The zero-order chi connectivity index (χ0) is 12.0. The molecule has 5 nitrogen and oxygen atoms in total. The summed E-state index contributed by atoms with van der Waals surface area (Å²) in [5.74, 6) is -0.570. The summed E-state index contributed by atoms with van der Waals surface area (Å²) >= 11 is 0. The van der Waals surface area contributed by atoms with E-state index in [-0.39, 0.29) is 5.75 Å². The lowest BCUT2D eigenvalue weighted by Crippen LogP contribution is -2.34. The van der Waals surface area contributed by atoms with E-state index in [1.54, 1.807) is 0 Å². The normalized spacial score (nSPS) is 16.2. The van der Waals surface area contributed by atoms with Gasteiger partial charge in [0.15, 0.2) is 0 Å². The van der Waals surface area contributed by atoms with Crippen molar-refractivity contribution in [1.82, 2.24) is 4.72 Å². The van der Waals surface area contributed by atoms with E-state index in [0.29, 0.717) is 25.0 Å². The molecule has 0 atom stereocenters. The minimum Gasteiger partial charge on any atom is -0.501 e. The van der Waals surface area contributed by atoms with Crippen molar-refractivity contribution in [3.05, 3.63) is 11.8 Å². The van der Waals surface area contributed by atoms with Gasteiger partial charge < -0.3 is 4.74 Å². The molecular weight excluding hydrogens is 230 g/mol. The lowest BCUT2D eigenvalue weighted by Gasteiger charge is -2.13. The van der Waals surface area contributed by atoms with Gasteiger partial charge in [0.1, 0.15) is 0 Å². The molecule has 0 fully saturated rings. The molecule has 1 rings (SSSR count). The van der Waals surface area contributed by atoms with E-state index >= 15 is 0 Å². The Hall–Kier alpha value is -1.04. The molecule has 0 aromatic rings. The van der Waals surface area contributed by atoms with Gasteiger partial charge in [0, 0.05) is 0 Å². The van der Waals surface area contributed by atoms with Gasteiger partial charge in [-0.2, -0.15) is 0 Å². The number of sulfonamides is 1. The van der Waals surface area contributed by atoms with Crippen molar-refractivity contribution in [2.24, 2.45) is 0 Å². The van der Waals surface area contributed by atoms with Crippen molar-refractivity contribution in [1.29, 1.82) is 0 Å².